The van der Waals surface area contributed by atoms with E-state index in [2.05, 4.69) is 60.0 Å². The second-order valence-corrected chi connectivity index (χ2v) is 7.90. The van der Waals surface area contributed by atoms with E-state index in [1.165, 1.54) is 50.2 Å². The van der Waals surface area contributed by atoms with Gasteiger partial charge in [0.25, 0.3) is 0 Å². The van der Waals surface area contributed by atoms with Gasteiger partial charge in [0.15, 0.2) is 0 Å². The normalized spacial score (nSPS) is 21.1. The highest BCUT2D eigenvalue weighted by atomic mass is 35.5. The highest BCUT2D eigenvalue weighted by Crippen LogP contribution is 2.31. The number of rotatable bonds is 5. The van der Waals surface area contributed by atoms with Gasteiger partial charge in [0.2, 0.25) is 0 Å². The molecule has 4 heterocycles. The Morgan fingerprint density at radius 1 is 0.700 bits per heavy atom. The number of nitrogens with zero attached hydrogens (tertiary/aromatic N) is 4. The summed E-state index contributed by atoms with van der Waals surface area (Å²) in [6.45, 7) is 8.54. The molecule has 0 N–H and O–H groups in total. The number of aryl methyl sites for hydroxylation is 2. The van der Waals surface area contributed by atoms with E-state index in [0.29, 0.717) is 12.1 Å². The fourth-order valence-corrected chi connectivity index (χ4v) is 4.76. The Kier molecular flexibility index (Phi) is 13.4. The van der Waals surface area contributed by atoms with Crippen molar-refractivity contribution < 1.29 is 0 Å². The molecule has 4 nitrogen and oxygen atoms in total. The highest BCUT2D eigenvalue weighted by Gasteiger charge is 2.37. The van der Waals surface area contributed by atoms with E-state index in [9.17, 15) is 0 Å². The van der Waals surface area contributed by atoms with Crippen molar-refractivity contribution in [1.82, 2.24) is 19.8 Å². The van der Waals surface area contributed by atoms with Crippen LogP contribution in [0.2, 0.25) is 0 Å². The maximum Gasteiger partial charge on any atom is 0.0547 e. The molecule has 2 aliphatic heterocycles. The molecule has 2 atom stereocenters. The molecular weight excluding hydrogens is 462 g/mol. The molecule has 0 spiro atoms. The highest BCUT2D eigenvalue weighted by molar-refractivity contribution is 5.86. The fraction of sp³-hybridized carbons (Fsp3) is 0.545. The van der Waals surface area contributed by atoms with Crippen LogP contribution in [-0.4, -0.2) is 44.9 Å². The third-order valence-electron chi connectivity index (χ3n) is 5.89. The van der Waals surface area contributed by atoms with E-state index in [4.69, 9.17) is 9.97 Å². The van der Waals surface area contributed by atoms with Crippen LogP contribution in [0.15, 0.2) is 36.4 Å². The summed E-state index contributed by atoms with van der Waals surface area (Å²) >= 11 is 0. The average Bonchev–Trinajstić information content (AvgIpc) is 3.24. The molecule has 0 amide bonds. The molecule has 2 aromatic rings. The van der Waals surface area contributed by atoms with Crippen molar-refractivity contribution >= 4 is 49.6 Å². The van der Waals surface area contributed by atoms with Gasteiger partial charge in [0.1, 0.15) is 0 Å². The number of hydrogen-bond donors (Lipinski definition) is 0. The molecule has 2 fully saturated rings. The average molecular weight is 496 g/mol. The first kappa shape index (κ1) is 29.4. The molecule has 2 saturated heterocycles. The first-order chi connectivity index (χ1) is 12.7. The largest absolute Gasteiger partial charge is 0.293 e. The van der Waals surface area contributed by atoms with Gasteiger partial charge in [-0.2, -0.15) is 0 Å². The van der Waals surface area contributed by atoms with E-state index >= 15 is 0 Å². The molecule has 0 saturated carbocycles. The Bertz CT molecular complexity index is 698. The van der Waals surface area contributed by atoms with Crippen LogP contribution in [0.5, 0.6) is 0 Å². The molecule has 4 rings (SSSR count). The third-order valence-corrected chi connectivity index (χ3v) is 5.89. The van der Waals surface area contributed by atoms with E-state index < -0.39 is 0 Å². The Labute approximate surface area is 205 Å². The Morgan fingerprint density at radius 3 is 1.47 bits per heavy atom. The number of aromatic nitrogens is 2. The van der Waals surface area contributed by atoms with E-state index in [0.717, 1.165) is 24.5 Å². The standard InChI is InChI=1S/C22H30N4.4ClH/c1-17-7-3-9-19(23-17)15-25-13-5-11-21(25)22-12-6-14-26(22)16-20-10-4-8-18(2)24-20;;;;/h3-4,7-10,21-22H,5-6,11-16H2,1-2H3;4*1H/t21-,22-;;;;/m1..../s1. The summed E-state index contributed by atoms with van der Waals surface area (Å²) in [7, 11) is 0. The first-order valence-electron chi connectivity index (χ1n) is 10.0. The lowest BCUT2D eigenvalue weighted by molar-refractivity contribution is 0.122. The lowest BCUT2D eigenvalue weighted by Crippen LogP contribution is -2.45. The van der Waals surface area contributed by atoms with Crippen LogP contribution >= 0.6 is 49.6 Å². The number of likely N-dealkylation sites (tertiary alicyclic amines) is 2. The molecule has 2 aliphatic rings. The zero-order chi connectivity index (χ0) is 17.9. The van der Waals surface area contributed by atoms with E-state index in [1.807, 2.05) is 0 Å². The minimum absolute atomic E-state index is 0. The molecule has 170 valence electrons. The van der Waals surface area contributed by atoms with E-state index in [-0.39, 0.29) is 49.6 Å². The second kappa shape index (κ2) is 13.7. The molecule has 0 aromatic carbocycles. The van der Waals surface area contributed by atoms with Crippen LogP contribution in [0.3, 0.4) is 0 Å². The van der Waals surface area contributed by atoms with Crippen molar-refractivity contribution in [2.24, 2.45) is 0 Å². The fourth-order valence-electron chi connectivity index (χ4n) is 4.76. The molecule has 8 heteroatoms. The summed E-state index contributed by atoms with van der Waals surface area (Å²) in [6, 6.07) is 14.1. The van der Waals surface area contributed by atoms with Crippen LogP contribution in [0.25, 0.3) is 0 Å². The summed E-state index contributed by atoms with van der Waals surface area (Å²) in [4.78, 5) is 14.8. The lowest BCUT2D eigenvalue weighted by Gasteiger charge is -2.35. The minimum atomic E-state index is 0. The smallest absolute Gasteiger partial charge is 0.0547 e. The van der Waals surface area contributed by atoms with Crippen LogP contribution in [0, 0.1) is 13.8 Å². The van der Waals surface area contributed by atoms with Crippen molar-refractivity contribution in [2.75, 3.05) is 13.1 Å². The molecule has 0 unspecified atom stereocenters. The van der Waals surface area contributed by atoms with Crippen molar-refractivity contribution in [2.45, 2.75) is 64.7 Å². The number of pyridine rings is 2. The Balaban J connectivity index is 0.00000210. The SMILES string of the molecule is Cc1cccc(CN2CCC[C@@H]2[C@H]2CCCN2Cc2cccc(C)n2)n1.Cl.Cl.Cl.Cl. The number of hydrogen-bond acceptors (Lipinski definition) is 4. The molecular formula is C22H34Cl4N4. The van der Waals surface area contributed by atoms with Gasteiger partial charge in [-0.05, 0) is 76.9 Å². The summed E-state index contributed by atoms with van der Waals surface area (Å²) < 4.78 is 0. The molecule has 30 heavy (non-hydrogen) atoms. The van der Waals surface area contributed by atoms with Gasteiger partial charge in [-0.3, -0.25) is 19.8 Å². The van der Waals surface area contributed by atoms with Crippen LogP contribution in [-0.2, 0) is 13.1 Å². The van der Waals surface area contributed by atoms with Crippen molar-refractivity contribution in [3.05, 3.63) is 59.2 Å². The topological polar surface area (TPSA) is 32.3 Å². The zero-order valence-corrected chi connectivity index (χ0v) is 21.0. The Hall–Kier alpha value is -0.620. The van der Waals surface area contributed by atoms with Gasteiger partial charge < -0.3 is 0 Å². The summed E-state index contributed by atoms with van der Waals surface area (Å²) in [6.07, 6.45) is 5.25. The van der Waals surface area contributed by atoms with Crippen molar-refractivity contribution in [1.29, 1.82) is 0 Å². The molecule has 2 aromatic heterocycles. The van der Waals surface area contributed by atoms with Gasteiger partial charge in [-0.15, -0.1) is 49.6 Å². The van der Waals surface area contributed by atoms with Crippen LogP contribution in [0.1, 0.15) is 48.5 Å². The maximum atomic E-state index is 4.73. The summed E-state index contributed by atoms with van der Waals surface area (Å²) in [5.41, 5.74) is 4.65. The second-order valence-electron chi connectivity index (χ2n) is 7.90. The molecule has 0 aliphatic carbocycles. The molecule has 0 radical (unpaired) electrons. The predicted octanol–water partition coefficient (Wildman–Crippen LogP) is 5.41. The van der Waals surface area contributed by atoms with Crippen LogP contribution in [0.4, 0.5) is 0 Å². The lowest BCUT2D eigenvalue weighted by atomic mass is 10.0. The Morgan fingerprint density at radius 2 is 1.10 bits per heavy atom. The maximum absolute atomic E-state index is 4.73. The first-order valence-corrected chi connectivity index (χ1v) is 10.0. The van der Waals surface area contributed by atoms with Crippen molar-refractivity contribution in [3.63, 3.8) is 0 Å². The zero-order valence-electron chi connectivity index (χ0n) is 17.7. The monoisotopic (exact) mass is 494 g/mol. The number of halogens is 4. The van der Waals surface area contributed by atoms with E-state index in [1.54, 1.807) is 0 Å². The molecule has 0 bridgehead atoms. The van der Waals surface area contributed by atoms with Gasteiger partial charge in [0, 0.05) is 36.6 Å². The summed E-state index contributed by atoms with van der Waals surface area (Å²) in [5, 5.41) is 0. The third kappa shape index (κ3) is 7.22. The van der Waals surface area contributed by atoms with Gasteiger partial charge in [-0.1, -0.05) is 12.1 Å². The predicted molar refractivity (Wildman–Crippen MR) is 134 cm³/mol. The van der Waals surface area contributed by atoms with Gasteiger partial charge >= 0.3 is 0 Å². The van der Waals surface area contributed by atoms with Crippen LogP contribution < -0.4 is 0 Å². The minimum Gasteiger partial charge on any atom is -0.293 e. The van der Waals surface area contributed by atoms with Crippen molar-refractivity contribution in [3.8, 4) is 0 Å². The van der Waals surface area contributed by atoms with Gasteiger partial charge in [0.05, 0.1) is 11.4 Å². The summed E-state index contributed by atoms with van der Waals surface area (Å²) in [5.74, 6) is 0. The quantitative estimate of drug-likeness (QED) is 0.555. The van der Waals surface area contributed by atoms with Gasteiger partial charge in [-0.25, -0.2) is 0 Å².